The lowest BCUT2D eigenvalue weighted by atomic mass is 9.93. The molecule has 1 rings (SSSR count). The second-order valence-corrected chi connectivity index (χ2v) is 4.23. The maximum Gasteiger partial charge on any atom is 0.303 e. The molecule has 0 aliphatic heterocycles. The van der Waals surface area contributed by atoms with E-state index < -0.39 is 5.97 Å². The van der Waals surface area contributed by atoms with E-state index in [2.05, 4.69) is 0 Å². The summed E-state index contributed by atoms with van der Waals surface area (Å²) in [5.74, 6) is 0.381. The standard InChI is InChI=1S/C13H18O3/c1-10(2)11(8-13(14)15)9-16-12-6-4-3-5-7-12/h3-7,10-11H,8-9H2,1-2H3,(H,14,15). The molecule has 0 aliphatic carbocycles. The van der Waals surface area contributed by atoms with Crippen LogP contribution < -0.4 is 4.74 Å². The lowest BCUT2D eigenvalue weighted by Gasteiger charge is -2.19. The molecule has 1 N–H and O–H groups in total. The van der Waals surface area contributed by atoms with Crippen molar-refractivity contribution in [2.45, 2.75) is 20.3 Å². The van der Waals surface area contributed by atoms with Crippen molar-refractivity contribution in [2.75, 3.05) is 6.61 Å². The Morgan fingerprint density at radius 3 is 2.44 bits per heavy atom. The number of carboxylic acids is 1. The molecule has 0 radical (unpaired) electrons. The summed E-state index contributed by atoms with van der Waals surface area (Å²) in [6.45, 7) is 4.48. The van der Waals surface area contributed by atoms with Gasteiger partial charge in [0.05, 0.1) is 13.0 Å². The summed E-state index contributed by atoms with van der Waals surface area (Å²) in [5, 5.41) is 8.77. The number of hydrogen-bond donors (Lipinski definition) is 1. The average Bonchev–Trinajstić information content (AvgIpc) is 2.25. The fraction of sp³-hybridized carbons (Fsp3) is 0.462. The molecular weight excluding hydrogens is 204 g/mol. The van der Waals surface area contributed by atoms with E-state index in [1.165, 1.54) is 0 Å². The van der Waals surface area contributed by atoms with Crippen LogP contribution in [-0.4, -0.2) is 17.7 Å². The van der Waals surface area contributed by atoms with E-state index in [0.29, 0.717) is 12.5 Å². The number of ether oxygens (including phenoxy) is 1. The van der Waals surface area contributed by atoms with E-state index in [1.807, 2.05) is 44.2 Å². The lowest BCUT2D eigenvalue weighted by molar-refractivity contribution is -0.138. The van der Waals surface area contributed by atoms with Gasteiger partial charge in [-0.05, 0) is 18.1 Å². The zero-order valence-corrected chi connectivity index (χ0v) is 9.72. The SMILES string of the molecule is CC(C)C(COc1ccccc1)CC(=O)O. The molecule has 0 amide bonds. The van der Waals surface area contributed by atoms with E-state index >= 15 is 0 Å². The van der Waals surface area contributed by atoms with Crippen LogP contribution in [0.4, 0.5) is 0 Å². The Kier molecular flexibility index (Phi) is 4.83. The van der Waals surface area contributed by atoms with Gasteiger partial charge < -0.3 is 9.84 Å². The van der Waals surface area contributed by atoms with Gasteiger partial charge in [-0.15, -0.1) is 0 Å². The van der Waals surface area contributed by atoms with Crippen molar-refractivity contribution in [2.24, 2.45) is 11.8 Å². The molecule has 1 atom stereocenters. The molecule has 0 saturated heterocycles. The molecule has 1 aromatic carbocycles. The Balaban J connectivity index is 2.47. The van der Waals surface area contributed by atoms with Crippen molar-refractivity contribution < 1.29 is 14.6 Å². The van der Waals surface area contributed by atoms with Crippen LogP contribution in [-0.2, 0) is 4.79 Å². The van der Waals surface area contributed by atoms with Gasteiger partial charge in [-0.25, -0.2) is 0 Å². The van der Waals surface area contributed by atoms with Gasteiger partial charge in [0.15, 0.2) is 0 Å². The molecule has 3 nitrogen and oxygen atoms in total. The van der Waals surface area contributed by atoms with Crippen molar-refractivity contribution >= 4 is 5.97 Å². The molecule has 3 heteroatoms. The van der Waals surface area contributed by atoms with E-state index in [-0.39, 0.29) is 12.3 Å². The van der Waals surface area contributed by atoms with E-state index in [1.54, 1.807) is 0 Å². The number of hydrogen-bond acceptors (Lipinski definition) is 2. The first kappa shape index (κ1) is 12.6. The Bertz CT molecular complexity index is 319. The lowest BCUT2D eigenvalue weighted by Crippen LogP contribution is -2.21. The average molecular weight is 222 g/mol. The third-order valence-corrected chi connectivity index (χ3v) is 2.59. The van der Waals surface area contributed by atoms with Crippen LogP contribution in [0.25, 0.3) is 0 Å². The highest BCUT2D eigenvalue weighted by Crippen LogP contribution is 2.18. The number of aliphatic carboxylic acids is 1. The molecule has 1 aromatic rings. The quantitative estimate of drug-likeness (QED) is 0.805. The van der Waals surface area contributed by atoms with Gasteiger partial charge in [-0.1, -0.05) is 32.0 Å². The molecule has 0 bridgehead atoms. The van der Waals surface area contributed by atoms with Gasteiger partial charge >= 0.3 is 5.97 Å². The molecule has 0 spiro atoms. The van der Waals surface area contributed by atoms with Crippen LogP contribution >= 0.6 is 0 Å². The Morgan fingerprint density at radius 2 is 1.94 bits per heavy atom. The smallest absolute Gasteiger partial charge is 0.303 e. The number of carbonyl (C=O) groups is 1. The highest BCUT2D eigenvalue weighted by Gasteiger charge is 2.17. The highest BCUT2D eigenvalue weighted by molar-refractivity contribution is 5.67. The van der Waals surface area contributed by atoms with E-state index in [9.17, 15) is 4.79 Å². The summed E-state index contributed by atoms with van der Waals surface area (Å²) in [5.41, 5.74) is 0. The minimum absolute atomic E-state index is 0.0534. The van der Waals surface area contributed by atoms with Gasteiger partial charge in [-0.2, -0.15) is 0 Å². The van der Waals surface area contributed by atoms with Gasteiger partial charge in [0, 0.05) is 5.92 Å². The maximum absolute atomic E-state index is 10.7. The molecule has 0 heterocycles. The van der Waals surface area contributed by atoms with Crippen LogP contribution in [0.15, 0.2) is 30.3 Å². The molecule has 16 heavy (non-hydrogen) atoms. The first-order chi connectivity index (χ1) is 7.59. The fourth-order valence-electron chi connectivity index (χ4n) is 1.43. The minimum Gasteiger partial charge on any atom is -0.493 e. The zero-order chi connectivity index (χ0) is 12.0. The third kappa shape index (κ3) is 4.34. The molecule has 0 aromatic heterocycles. The van der Waals surface area contributed by atoms with Crippen molar-refractivity contribution in [3.63, 3.8) is 0 Å². The second-order valence-electron chi connectivity index (χ2n) is 4.23. The van der Waals surface area contributed by atoms with Crippen molar-refractivity contribution in [3.05, 3.63) is 30.3 Å². The number of carboxylic acid groups (broad SMARTS) is 1. The predicted octanol–water partition coefficient (Wildman–Crippen LogP) is 2.81. The summed E-state index contributed by atoms with van der Waals surface area (Å²) in [6, 6.07) is 9.47. The van der Waals surface area contributed by atoms with Crippen LogP contribution in [0.1, 0.15) is 20.3 Å². The van der Waals surface area contributed by atoms with Gasteiger partial charge in [-0.3, -0.25) is 4.79 Å². The first-order valence-corrected chi connectivity index (χ1v) is 5.49. The van der Waals surface area contributed by atoms with Crippen molar-refractivity contribution in [1.82, 2.24) is 0 Å². The molecule has 88 valence electrons. The van der Waals surface area contributed by atoms with Gasteiger partial charge in [0.1, 0.15) is 5.75 Å². The molecule has 0 aliphatic rings. The molecule has 1 unspecified atom stereocenters. The Labute approximate surface area is 96.1 Å². The monoisotopic (exact) mass is 222 g/mol. The number of benzene rings is 1. The minimum atomic E-state index is -0.768. The fourth-order valence-corrected chi connectivity index (χ4v) is 1.43. The summed E-state index contributed by atoms with van der Waals surface area (Å²) in [6.07, 6.45) is 0.157. The van der Waals surface area contributed by atoms with Crippen LogP contribution in [0.5, 0.6) is 5.75 Å². The van der Waals surface area contributed by atoms with Crippen LogP contribution in [0.3, 0.4) is 0 Å². The highest BCUT2D eigenvalue weighted by atomic mass is 16.5. The zero-order valence-electron chi connectivity index (χ0n) is 9.72. The van der Waals surface area contributed by atoms with Crippen LogP contribution in [0.2, 0.25) is 0 Å². The van der Waals surface area contributed by atoms with Crippen molar-refractivity contribution in [3.8, 4) is 5.75 Å². The normalized spacial score (nSPS) is 12.4. The Morgan fingerprint density at radius 1 is 1.31 bits per heavy atom. The second kappa shape index (κ2) is 6.16. The predicted molar refractivity (Wildman–Crippen MR) is 62.5 cm³/mol. The molecule has 0 fully saturated rings. The Hall–Kier alpha value is -1.51. The van der Waals surface area contributed by atoms with E-state index in [0.717, 1.165) is 5.75 Å². The summed E-state index contributed by atoms with van der Waals surface area (Å²) in [7, 11) is 0. The molecular formula is C13H18O3. The van der Waals surface area contributed by atoms with E-state index in [4.69, 9.17) is 9.84 Å². The summed E-state index contributed by atoms with van der Waals surface area (Å²) in [4.78, 5) is 10.7. The summed E-state index contributed by atoms with van der Waals surface area (Å²) < 4.78 is 5.57. The van der Waals surface area contributed by atoms with Gasteiger partial charge in [0.25, 0.3) is 0 Å². The maximum atomic E-state index is 10.7. The number of rotatable bonds is 6. The molecule has 0 saturated carbocycles. The third-order valence-electron chi connectivity index (χ3n) is 2.59. The topological polar surface area (TPSA) is 46.5 Å². The summed E-state index contributed by atoms with van der Waals surface area (Å²) >= 11 is 0. The van der Waals surface area contributed by atoms with Crippen LogP contribution in [0, 0.1) is 11.8 Å². The largest absolute Gasteiger partial charge is 0.493 e. The first-order valence-electron chi connectivity index (χ1n) is 5.49. The van der Waals surface area contributed by atoms with Gasteiger partial charge in [0.2, 0.25) is 0 Å². The van der Waals surface area contributed by atoms with Crippen molar-refractivity contribution in [1.29, 1.82) is 0 Å². The number of para-hydroxylation sites is 1.